The van der Waals surface area contributed by atoms with Gasteiger partial charge in [-0.05, 0) is 6.42 Å². The minimum absolute atomic E-state index is 0.528. The van der Waals surface area contributed by atoms with Gasteiger partial charge in [0, 0.05) is 14.2 Å². The van der Waals surface area contributed by atoms with Gasteiger partial charge in [0.15, 0.2) is 0 Å². The summed E-state index contributed by atoms with van der Waals surface area (Å²) >= 11 is 0. The van der Waals surface area contributed by atoms with Crippen LogP contribution in [0.3, 0.4) is 0 Å². The van der Waals surface area contributed by atoms with Gasteiger partial charge in [-0.3, -0.25) is 4.84 Å². The molecule has 0 N–H and O–H groups in total. The van der Waals surface area contributed by atoms with Crippen LogP contribution in [0, 0.1) is 0 Å². The van der Waals surface area contributed by atoms with E-state index in [4.69, 9.17) is 9.57 Å². The molecule has 0 rings (SSSR count). The van der Waals surface area contributed by atoms with Crippen molar-refractivity contribution < 1.29 is 9.57 Å². The first-order valence-corrected chi connectivity index (χ1v) is 3.14. The van der Waals surface area contributed by atoms with Crippen LogP contribution in [0.4, 0.5) is 0 Å². The first kappa shape index (κ1) is 8.88. The molecule has 0 fully saturated rings. The van der Waals surface area contributed by atoms with Crippen molar-refractivity contribution in [3.05, 3.63) is 0 Å². The normalized spacial score (nSPS) is 10.7. The Kier molecular flexibility index (Phi) is 5.93. The Bertz CT molecular complexity index is 59.0. The van der Waals surface area contributed by atoms with E-state index in [0.717, 1.165) is 13.0 Å². The number of methoxy groups -OCH3 is 1. The van der Waals surface area contributed by atoms with E-state index in [2.05, 4.69) is 6.92 Å². The zero-order valence-electron chi connectivity index (χ0n) is 6.39. The molecule has 0 spiro atoms. The topological polar surface area (TPSA) is 21.7 Å². The van der Waals surface area contributed by atoms with Crippen molar-refractivity contribution >= 4 is 0 Å². The summed E-state index contributed by atoms with van der Waals surface area (Å²) in [5.74, 6) is 0. The molecule has 0 unspecified atom stereocenters. The molecule has 0 bridgehead atoms. The van der Waals surface area contributed by atoms with Crippen molar-refractivity contribution in [1.82, 2.24) is 5.06 Å². The van der Waals surface area contributed by atoms with Gasteiger partial charge in [0.05, 0.1) is 6.61 Å². The first-order valence-electron chi connectivity index (χ1n) is 3.14. The van der Waals surface area contributed by atoms with Crippen LogP contribution in [0.15, 0.2) is 0 Å². The molecule has 0 aliphatic rings. The Labute approximate surface area is 56.5 Å². The number of hydrogen-bond acceptors (Lipinski definition) is 3. The van der Waals surface area contributed by atoms with Gasteiger partial charge in [0.1, 0.15) is 6.73 Å². The molecule has 0 heterocycles. The fourth-order valence-electron chi connectivity index (χ4n) is 0.466. The second-order valence-corrected chi connectivity index (χ2v) is 1.88. The van der Waals surface area contributed by atoms with Crippen LogP contribution in [0.25, 0.3) is 0 Å². The summed E-state index contributed by atoms with van der Waals surface area (Å²) in [4.78, 5) is 5.14. The minimum Gasteiger partial charge on any atom is -0.367 e. The number of nitrogens with zero attached hydrogens (tertiary/aromatic N) is 1. The van der Waals surface area contributed by atoms with Crippen LogP contribution in [0.1, 0.15) is 13.3 Å². The predicted octanol–water partition coefficient (Wildman–Crippen LogP) is 0.864. The zero-order valence-corrected chi connectivity index (χ0v) is 6.39. The van der Waals surface area contributed by atoms with Gasteiger partial charge in [-0.2, -0.15) is 5.06 Å². The van der Waals surface area contributed by atoms with Crippen molar-refractivity contribution in [3.8, 4) is 0 Å². The van der Waals surface area contributed by atoms with E-state index in [0.29, 0.717) is 6.73 Å². The second kappa shape index (κ2) is 6.01. The lowest BCUT2D eigenvalue weighted by Crippen LogP contribution is -2.21. The summed E-state index contributed by atoms with van der Waals surface area (Å²) < 4.78 is 4.80. The number of hydrogen-bond donors (Lipinski definition) is 0. The number of hydroxylamine groups is 2. The minimum atomic E-state index is 0.528. The molecule has 0 saturated carbocycles. The maximum Gasteiger partial charge on any atom is 0.121 e. The maximum atomic E-state index is 5.14. The average Bonchev–Trinajstić information content (AvgIpc) is 1.85. The van der Waals surface area contributed by atoms with Gasteiger partial charge in [0.2, 0.25) is 0 Å². The van der Waals surface area contributed by atoms with E-state index < -0.39 is 0 Å². The van der Waals surface area contributed by atoms with Gasteiger partial charge in [0.25, 0.3) is 0 Å². The van der Waals surface area contributed by atoms with Crippen molar-refractivity contribution in [1.29, 1.82) is 0 Å². The molecule has 0 atom stereocenters. The van der Waals surface area contributed by atoms with Gasteiger partial charge >= 0.3 is 0 Å². The Morgan fingerprint density at radius 2 is 2.11 bits per heavy atom. The van der Waals surface area contributed by atoms with Crippen molar-refractivity contribution in [2.24, 2.45) is 0 Å². The van der Waals surface area contributed by atoms with Crippen LogP contribution >= 0.6 is 0 Å². The standard InChI is InChI=1S/C6H15NO2/c1-4-5-9-7(2)6-8-3/h4-6H2,1-3H3. The summed E-state index contributed by atoms with van der Waals surface area (Å²) in [6, 6.07) is 0. The van der Waals surface area contributed by atoms with Crippen LogP contribution in [-0.4, -0.2) is 32.6 Å². The molecule has 9 heavy (non-hydrogen) atoms. The molecular formula is C6H15NO2. The van der Waals surface area contributed by atoms with Crippen molar-refractivity contribution in [3.63, 3.8) is 0 Å². The lowest BCUT2D eigenvalue weighted by molar-refractivity contribution is -0.185. The molecule has 0 aromatic heterocycles. The van der Waals surface area contributed by atoms with Gasteiger partial charge in [-0.25, -0.2) is 0 Å². The molecule has 3 nitrogen and oxygen atoms in total. The number of rotatable bonds is 5. The maximum absolute atomic E-state index is 5.14. The second-order valence-electron chi connectivity index (χ2n) is 1.88. The SMILES string of the molecule is CCCON(C)COC. The Morgan fingerprint density at radius 3 is 2.56 bits per heavy atom. The highest BCUT2D eigenvalue weighted by Crippen LogP contribution is 1.86. The van der Waals surface area contributed by atoms with E-state index in [1.54, 1.807) is 12.2 Å². The van der Waals surface area contributed by atoms with E-state index in [9.17, 15) is 0 Å². The molecule has 0 aliphatic carbocycles. The van der Waals surface area contributed by atoms with Gasteiger partial charge in [-0.1, -0.05) is 6.92 Å². The highest BCUT2D eigenvalue weighted by Gasteiger charge is 1.92. The quantitative estimate of drug-likeness (QED) is 0.410. The van der Waals surface area contributed by atoms with E-state index in [1.165, 1.54) is 0 Å². The zero-order chi connectivity index (χ0) is 7.11. The van der Waals surface area contributed by atoms with Crippen molar-refractivity contribution in [2.75, 3.05) is 27.5 Å². The van der Waals surface area contributed by atoms with E-state index in [1.807, 2.05) is 7.05 Å². The summed E-state index contributed by atoms with van der Waals surface area (Å²) in [6.45, 7) is 3.36. The van der Waals surface area contributed by atoms with Crippen LogP contribution in [0.2, 0.25) is 0 Å². The molecule has 3 heteroatoms. The largest absolute Gasteiger partial charge is 0.367 e. The molecule has 0 amide bonds. The number of ether oxygens (including phenoxy) is 1. The van der Waals surface area contributed by atoms with Crippen LogP contribution in [-0.2, 0) is 9.57 Å². The summed E-state index contributed by atoms with van der Waals surface area (Å²) in [7, 11) is 3.49. The van der Waals surface area contributed by atoms with Crippen LogP contribution < -0.4 is 0 Å². The fourth-order valence-corrected chi connectivity index (χ4v) is 0.466. The van der Waals surface area contributed by atoms with Gasteiger partial charge < -0.3 is 4.74 Å². The Morgan fingerprint density at radius 1 is 1.44 bits per heavy atom. The van der Waals surface area contributed by atoms with Gasteiger partial charge in [-0.15, -0.1) is 0 Å². The monoisotopic (exact) mass is 133 g/mol. The van der Waals surface area contributed by atoms with E-state index >= 15 is 0 Å². The highest BCUT2D eigenvalue weighted by atomic mass is 16.7. The summed E-state index contributed by atoms with van der Waals surface area (Å²) in [6.07, 6.45) is 1.04. The van der Waals surface area contributed by atoms with Crippen molar-refractivity contribution in [2.45, 2.75) is 13.3 Å². The lowest BCUT2D eigenvalue weighted by atomic mass is 10.5. The first-order chi connectivity index (χ1) is 4.31. The lowest BCUT2D eigenvalue weighted by Gasteiger charge is -2.13. The summed E-state index contributed by atoms with van der Waals surface area (Å²) in [5, 5.41) is 1.67. The fraction of sp³-hybridized carbons (Fsp3) is 1.00. The molecule has 0 aromatic carbocycles. The molecule has 0 aliphatic heterocycles. The molecule has 0 aromatic rings. The molecule has 0 saturated heterocycles. The predicted molar refractivity (Wildman–Crippen MR) is 35.9 cm³/mol. The van der Waals surface area contributed by atoms with E-state index in [-0.39, 0.29) is 0 Å². The van der Waals surface area contributed by atoms with Crippen LogP contribution in [0.5, 0.6) is 0 Å². The molecule has 56 valence electrons. The summed E-state index contributed by atoms with van der Waals surface area (Å²) in [5.41, 5.74) is 0. The highest BCUT2D eigenvalue weighted by molar-refractivity contribution is 4.22. The Balaban J connectivity index is 2.95. The molecule has 0 radical (unpaired) electrons. The molecular weight excluding hydrogens is 118 g/mol. The third-order valence-electron chi connectivity index (χ3n) is 0.827. The third-order valence-corrected chi connectivity index (χ3v) is 0.827. The average molecular weight is 133 g/mol. The Hall–Kier alpha value is -0.120. The third kappa shape index (κ3) is 5.76. The smallest absolute Gasteiger partial charge is 0.121 e.